The number of thiophene rings is 1. The van der Waals surface area contributed by atoms with Crippen molar-refractivity contribution in [2.24, 2.45) is 0 Å². The first kappa shape index (κ1) is 13.6. The molecule has 0 fully saturated rings. The number of hydrogen-bond donors (Lipinski definition) is 2. The molecule has 2 aromatic heterocycles. The van der Waals surface area contributed by atoms with Crippen LogP contribution >= 0.6 is 34.5 Å². The minimum absolute atomic E-state index is 0.220. The van der Waals surface area contributed by atoms with Gasteiger partial charge in [0, 0.05) is 5.39 Å². The average Bonchev–Trinajstić information content (AvgIpc) is 3.09. The second kappa shape index (κ2) is 4.49. The van der Waals surface area contributed by atoms with Crippen molar-refractivity contribution >= 4 is 57.3 Å². The molecule has 5 nitrogen and oxygen atoms in total. The molecule has 110 valence electrons. The summed E-state index contributed by atoms with van der Waals surface area (Å²) in [6.45, 7) is 0. The van der Waals surface area contributed by atoms with Crippen molar-refractivity contribution in [3.05, 3.63) is 44.8 Å². The highest BCUT2D eigenvalue weighted by atomic mass is 35.5. The van der Waals surface area contributed by atoms with Gasteiger partial charge in [-0.15, -0.1) is 11.3 Å². The summed E-state index contributed by atoms with van der Waals surface area (Å²) in [6.07, 6.45) is 0. The fourth-order valence-corrected chi connectivity index (χ4v) is 4.02. The van der Waals surface area contributed by atoms with Crippen LogP contribution < -0.4 is 5.32 Å². The standard InChI is InChI=1S/C14H6Cl2N2O3S/c15-10-2-1-9(22-10)12-11(16)7-3-5-6(4-8(7)18(12)21)14(20)17-13(5)19/h1-4,21H,(H,17,19,20). The smallest absolute Gasteiger partial charge is 0.259 e. The molecule has 8 heteroatoms. The van der Waals surface area contributed by atoms with Crippen molar-refractivity contribution in [3.63, 3.8) is 0 Å². The molecule has 0 atom stereocenters. The van der Waals surface area contributed by atoms with E-state index in [9.17, 15) is 14.8 Å². The number of carbonyl (C=O) groups is 2. The number of halogens is 2. The fraction of sp³-hybridized carbons (Fsp3) is 0. The van der Waals surface area contributed by atoms with Crippen LogP contribution in [0.25, 0.3) is 21.5 Å². The first-order valence-electron chi connectivity index (χ1n) is 6.16. The number of imide groups is 1. The summed E-state index contributed by atoms with van der Waals surface area (Å²) in [6, 6.07) is 6.41. The molecule has 0 saturated heterocycles. The highest BCUT2D eigenvalue weighted by Gasteiger charge is 2.30. The molecule has 3 heterocycles. The van der Waals surface area contributed by atoms with E-state index in [4.69, 9.17) is 23.2 Å². The van der Waals surface area contributed by atoms with Crippen molar-refractivity contribution in [2.45, 2.75) is 0 Å². The highest BCUT2D eigenvalue weighted by molar-refractivity contribution is 7.19. The highest BCUT2D eigenvalue weighted by Crippen LogP contribution is 2.41. The van der Waals surface area contributed by atoms with Gasteiger partial charge in [-0.3, -0.25) is 14.9 Å². The minimum Gasteiger partial charge on any atom is -0.428 e. The van der Waals surface area contributed by atoms with Gasteiger partial charge in [0.15, 0.2) is 0 Å². The Morgan fingerprint density at radius 3 is 2.41 bits per heavy atom. The first-order chi connectivity index (χ1) is 10.5. The van der Waals surface area contributed by atoms with Crippen LogP contribution in [0, 0.1) is 0 Å². The molecule has 1 aliphatic heterocycles. The Morgan fingerprint density at radius 1 is 1.09 bits per heavy atom. The molecular formula is C14H6Cl2N2O3S. The zero-order valence-electron chi connectivity index (χ0n) is 10.7. The van der Waals surface area contributed by atoms with Crippen LogP contribution in [0.15, 0.2) is 24.3 Å². The normalized spacial score (nSPS) is 13.7. The molecule has 22 heavy (non-hydrogen) atoms. The molecule has 2 N–H and O–H groups in total. The topological polar surface area (TPSA) is 71.3 Å². The zero-order valence-corrected chi connectivity index (χ0v) is 13.0. The number of nitrogens with one attached hydrogen (secondary N) is 1. The summed E-state index contributed by atoms with van der Waals surface area (Å²) < 4.78 is 1.48. The number of amides is 2. The molecule has 1 aliphatic rings. The second-order valence-corrected chi connectivity index (χ2v) is 6.87. The number of aromatic nitrogens is 1. The van der Waals surface area contributed by atoms with E-state index >= 15 is 0 Å². The van der Waals surface area contributed by atoms with Gasteiger partial charge in [0.25, 0.3) is 11.8 Å². The molecule has 0 spiro atoms. The summed E-state index contributed by atoms with van der Waals surface area (Å²) in [5, 5.41) is 13.4. The van der Waals surface area contributed by atoms with Crippen molar-refractivity contribution in [1.82, 2.24) is 10.0 Å². The number of nitrogens with zero attached hydrogens (tertiary/aromatic N) is 1. The van der Waals surface area contributed by atoms with E-state index in [1.807, 2.05) is 0 Å². The molecule has 0 radical (unpaired) electrons. The van der Waals surface area contributed by atoms with E-state index < -0.39 is 11.8 Å². The monoisotopic (exact) mass is 352 g/mol. The Bertz CT molecular complexity index is 933. The van der Waals surface area contributed by atoms with Crippen LogP contribution in [-0.2, 0) is 0 Å². The number of rotatable bonds is 1. The number of hydrogen-bond acceptors (Lipinski definition) is 4. The van der Waals surface area contributed by atoms with E-state index in [0.29, 0.717) is 30.8 Å². The van der Waals surface area contributed by atoms with Gasteiger partial charge in [-0.2, -0.15) is 4.73 Å². The van der Waals surface area contributed by atoms with Gasteiger partial charge in [-0.1, -0.05) is 23.2 Å². The third-order valence-corrected chi connectivity index (χ3v) is 5.16. The van der Waals surface area contributed by atoms with Crippen molar-refractivity contribution in [3.8, 4) is 10.6 Å². The maximum absolute atomic E-state index is 11.7. The van der Waals surface area contributed by atoms with Crippen LogP contribution in [0.1, 0.15) is 20.7 Å². The molecule has 0 unspecified atom stereocenters. The maximum atomic E-state index is 11.7. The summed E-state index contributed by atoms with van der Waals surface area (Å²) in [7, 11) is 0. The molecule has 0 saturated carbocycles. The van der Waals surface area contributed by atoms with E-state index in [0.717, 1.165) is 4.73 Å². The third-order valence-electron chi connectivity index (χ3n) is 3.54. The molecule has 2 amide bonds. The molecule has 4 rings (SSSR count). The summed E-state index contributed by atoms with van der Waals surface area (Å²) in [5.74, 6) is -0.954. The number of benzene rings is 1. The Hall–Kier alpha value is -2.02. The van der Waals surface area contributed by atoms with Crippen molar-refractivity contribution in [2.75, 3.05) is 0 Å². The van der Waals surface area contributed by atoms with Gasteiger partial charge >= 0.3 is 0 Å². The van der Waals surface area contributed by atoms with Gasteiger partial charge in [-0.25, -0.2) is 0 Å². The van der Waals surface area contributed by atoms with E-state index in [1.54, 1.807) is 12.1 Å². The molecule has 1 aromatic carbocycles. The molecular weight excluding hydrogens is 347 g/mol. The predicted octanol–water partition coefficient (Wildman–Crippen LogP) is 3.80. The fourth-order valence-electron chi connectivity index (χ4n) is 2.55. The predicted molar refractivity (Wildman–Crippen MR) is 84.3 cm³/mol. The Morgan fingerprint density at radius 2 is 1.77 bits per heavy atom. The molecule has 0 bridgehead atoms. The largest absolute Gasteiger partial charge is 0.428 e. The van der Waals surface area contributed by atoms with Gasteiger partial charge in [0.1, 0.15) is 5.69 Å². The van der Waals surface area contributed by atoms with Crippen molar-refractivity contribution in [1.29, 1.82) is 0 Å². The Labute approximate surface area is 137 Å². The van der Waals surface area contributed by atoms with Crippen LogP contribution in [0.5, 0.6) is 0 Å². The maximum Gasteiger partial charge on any atom is 0.259 e. The number of fused-ring (bicyclic) bond motifs is 2. The van der Waals surface area contributed by atoms with Crippen LogP contribution in [0.2, 0.25) is 9.36 Å². The van der Waals surface area contributed by atoms with Crippen LogP contribution in [-0.4, -0.2) is 21.8 Å². The summed E-state index contributed by atoms with van der Waals surface area (Å²) in [5.41, 5.74) is 1.21. The lowest BCUT2D eigenvalue weighted by Gasteiger charge is -2.00. The van der Waals surface area contributed by atoms with E-state index in [1.165, 1.54) is 23.5 Å². The SMILES string of the molecule is O=C1NC(=O)c2cc3c(cc21)c(Cl)c(-c1ccc(Cl)s1)n3O. The second-order valence-electron chi connectivity index (χ2n) is 4.78. The first-order valence-corrected chi connectivity index (χ1v) is 7.73. The van der Waals surface area contributed by atoms with Gasteiger partial charge in [0.05, 0.1) is 30.9 Å². The summed E-state index contributed by atoms with van der Waals surface area (Å²) >= 11 is 13.5. The lowest BCUT2D eigenvalue weighted by Crippen LogP contribution is -2.19. The van der Waals surface area contributed by atoms with Gasteiger partial charge in [0.2, 0.25) is 0 Å². The molecule has 0 aliphatic carbocycles. The van der Waals surface area contributed by atoms with E-state index in [-0.39, 0.29) is 11.1 Å². The Kier molecular flexibility index (Phi) is 2.78. The number of carbonyl (C=O) groups excluding carboxylic acids is 2. The van der Waals surface area contributed by atoms with Crippen LogP contribution in [0.3, 0.4) is 0 Å². The Balaban J connectivity index is 2.06. The molecule has 3 aromatic rings. The lowest BCUT2D eigenvalue weighted by molar-refractivity contribution is 0.0879. The minimum atomic E-state index is -0.486. The zero-order chi connectivity index (χ0) is 15.6. The van der Waals surface area contributed by atoms with Gasteiger partial charge < -0.3 is 5.21 Å². The third kappa shape index (κ3) is 1.71. The summed E-state index contributed by atoms with van der Waals surface area (Å²) in [4.78, 5) is 24.1. The van der Waals surface area contributed by atoms with Crippen molar-refractivity contribution < 1.29 is 14.8 Å². The van der Waals surface area contributed by atoms with Gasteiger partial charge in [-0.05, 0) is 24.3 Å². The lowest BCUT2D eigenvalue weighted by atomic mass is 10.1. The van der Waals surface area contributed by atoms with Crippen LogP contribution in [0.4, 0.5) is 0 Å². The quantitative estimate of drug-likeness (QED) is 0.516. The van der Waals surface area contributed by atoms with E-state index in [2.05, 4.69) is 5.32 Å². The average molecular weight is 353 g/mol.